The minimum Gasteiger partial charge on any atom is -0.490 e. The molecule has 0 spiro atoms. The Balaban J connectivity index is 1.96. The van der Waals surface area contributed by atoms with Crippen LogP contribution in [0.1, 0.15) is 43.4 Å². The molecule has 2 aromatic carbocycles. The zero-order valence-electron chi connectivity index (χ0n) is 20.2. The van der Waals surface area contributed by atoms with Gasteiger partial charge in [-0.3, -0.25) is 9.59 Å². The first-order valence-corrected chi connectivity index (χ1v) is 10.9. The summed E-state index contributed by atoms with van der Waals surface area (Å²) in [5.41, 5.74) is 5.28. The highest BCUT2D eigenvalue weighted by atomic mass is 16.5. The van der Waals surface area contributed by atoms with E-state index in [9.17, 15) is 9.59 Å². The summed E-state index contributed by atoms with van der Waals surface area (Å²) in [5.74, 6) is 1.42. The number of carbonyl (C=O) groups excluding carboxylic acids is 2. The average Bonchev–Trinajstić information content (AvgIpc) is 2.76. The Morgan fingerprint density at radius 2 is 1.73 bits per heavy atom. The molecule has 2 aromatic rings. The van der Waals surface area contributed by atoms with E-state index in [-0.39, 0.29) is 30.9 Å². The summed E-state index contributed by atoms with van der Waals surface area (Å²) in [6.07, 6.45) is 1.50. The lowest BCUT2D eigenvalue weighted by molar-refractivity contribution is -0.130. The van der Waals surface area contributed by atoms with Crippen LogP contribution in [0.4, 0.5) is 0 Å². The predicted octanol–water partition coefficient (Wildman–Crippen LogP) is 3.51. The van der Waals surface area contributed by atoms with Crippen molar-refractivity contribution in [3.05, 3.63) is 53.1 Å². The molecule has 0 bridgehead atoms. The van der Waals surface area contributed by atoms with Gasteiger partial charge in [-0.15, -0.1) is 0 Å². The molecular formula is C25H33N3O5. The third kappa shape index (κ3) is 8.14. The lowest BCUT2D eigenvalue weighted by atomic mass is 10.0. The molecule has 0 heterocycles. The summed E-state index contributed by atoms with van der Waals surface area (Å²) in [7, 11) is 3.33. The Morgan fingerprint density at radius 1 is 1.00 bits per heavy atom. The fourth-order valence-corrected chi connectivity index (χ4v) is 2.86. The van der Waals surface area contributed by atoms with Gasteiger partial charge in [0.25, 0.3) is 11.8 Å². The number of hydrogen-bond acceptors (Lipinski definition) is 6. The van der Waals surface area contributed by atoms with Gasteiger partial charge < -0.3 is 19.1 Å². The van der Waals surface area contributed by atoms with Crippen LogP contribution >= 0.6 is 0 Å². The van der Waals surface area contributed by atoms with E-state index in [1.54, 1.807) is 32.3 Å². The third-order valence-corrected chi connectivity index (χ3v) is 4.67. The predicted molar refractivity (Wildman–Crippen MR) is 128 cm³/mol. The molecule has 0 radical (unpaired) electrons. The first-order valence-electron chi connectivity index (χ1n) is 10.9. The van der Waals surface area contributed by atoms with Crippen molar-refractivity contribution in [2.45, 2.75) is 33.6 Å². The minimum absolute atomic E-state index is 0.0873. The summed E-state index contributed by atoms with van der Waals surface area (Å²) in [6.45, 7) is 8.20. The van der Waals surface area contributed by atoms with E-state index in [0.717, 1.165) is 11.1 Å². The summed E-state index contributed by atoms with van der Waals surface area (Å²) in [6, 6.07) is 11.2. The first-order chi connectivity index (χ1) is 15.7. The SMILES string of the molecule is CCOc1cc(C=NNC(=O)COc2cc(C)ccc2C(C)C)ccc1OCC(=O)N(C)C. The number of aryl methyl sites for hydroxylation is 1. The average molecular weight is 456 g/mol. The molecule has 0 aliphatic rings. The standard InChI is InChI=1S/C25H33N3O5/c1-7-31-23-13-19(9-11-21(23)33-16-25(30)28(5)6)14-26-27-24(29)15-32-22-12-18(4)8-10-20(22)17(2)3/h8-14,17H,7,15-16H2,1-6H3,(H,27,29). The summed E-state index contributed by atoms with van der Waals surface area (Å²) < 4.78 is 16.9. The Morgan fingerprint density at radius 3 is 2.39 bits per heavy atom. The van der Waals surface area contributed by atoms with Gasteiger partial charge in [0.1, 0.15) is 5.75 Å². The molecule has 0 aliphatic heterocycles. The normalized spacial score (nSPS) is 10.9. The highest BCUT2D eigenvalue weighted by Crippen LogP contribution is 2.28. The van der Waals surface area contributed by atoms with Crippen LogP contribution in [0.15, 0.2) is 41.5 Å². The maximum absolute atomic E-state index is 12.2. The number of likely N-dealkylation sites (N-methyl/N-ethyl adjacent to an activating group) is 1. The highest BCUT2D eigenvalue weighted by molar-refractivity contribution is 5.84. The fraction of sp³-hybridized carbons (Fsp3) is 0.400. The monoisotopic (exact) mass is 455 g/mol. The molecule has 0 atom stereocenters. The molecule has 178 valence electrons. The van der Waals surface area contributed by atoms with Gasteiger partial charge in [-0.1, -0.05) is 26.0 Å². The molecule has 0 unspecified atom stereocenters. The number of ether oxygens (including phenoxy) is 3. The highest BCUT2D eigenvalue weighted by Gasteiger charge is 2.11. The lowest BCUT2D eigenvalue weighted by Gasteiger charge is -2.14. The van der Waals surface area contributed by atoms with E-state index in [0.29, 0.717) is 29.4 Å². The van der Waals surface area contributed by atoms with Crippen molar-refractivity contribution in [2.24, 2.45) is 5.10 Å². The number of hydrazone groups is 1. The lowest BCUT2D eigenvalue weighted by Crippen LogP contribution is -2.27. The molecule has 0 aliphatic carbocycles. The van der Waals surface area contributed by atoms with Crippen molar-refractivity contribution < 1.29 is 23.8 Å². The van der Waals surface area contributed by atoms with Crippen LogP contribution in [-0.4, -0.2) is 56.8 Å². The van der Waals surface area contributed by atoms with Crippen molar-refractivity contribution in [1.29, 1.82) is 0 Å². The Labute approximate surface area is 195 Å². The van der Waals surface area contributed by atoms with Gasteiger partial charge >= 0.3 is 0 Å². The quantitative estimate of drug-likeness (QED) is 0.414. The molecule has 2 rings (SSSR count). The van der Waals surface area contributed by atoms with Crippen LogP contribution in [0.2, 0.25) is 0 Å². The summed E-state index contributed by atoms with van der Waals surface area (Å²) in [4.78, 5) is 25.4. The van der Waals surface area contributed by atoms with E-state index in [1.165, 1.54) is 11.1 Å². The van der Waals surface area contributed by atoms with Gasteiger partial charge in [0.15, 0.2) is 24.7 Å². The minimum atomic E-state index is -0.366. The van der Waals surface area contributed by atoms with E-state index in [1.807, 2.05) is 32.0 Å². The molecule has 1 N–H and O–H groups in total. The molecule has 0 aromatic heterocycles. The third-order valence-electron chi connectivity index (χ3n) is 4.67. The van der Waals surface area contributed by atoms with Crippen LogP contribution in [0.25, 0.3) is 0 Å². The Bertz CT molecular complexity index is 986. The van der Waals surface area contributed by atoms with Gasteiger partial charge in [-0.25, -0.2) is 5.43 Å². The van der Waals surface area contributed by atoms with E-state index in [2.05, 4.69) is 24.4 Å². The Kier molecular flexibility index (Phi) is 9.72. The topological polar surface area (TPSA) is 89.5 Å². The maximum atomic E-state index is 12.2. The number of amides is 2. The van der Waals surface area contributed by atoms with Crippen molar-refractivity contribution >= 4 is 18.0 Å². The first kappa shape index (κ1) is 25.7. The van der Waals surface area contributed by atoms with Crippen molar-refractivity contribution in [2.75, 3.05) is 33.9 Å². The smallest absolute Gasteiger partial charge is 0.277 e. The molecule has 0 fully saturated rings. The van der Waals surface area contributed by atoms with Crippen molar-refractivity contribution in [3.8, 4) is 17.2 Å². The van der Waals surface area contributed by atoms with E-state index < -0.39 is 0 Å². The van der Waals surface area contributed by atoms with Crippen LogP contribution < -0.4 is 19.6 Å². The molecule has 33 heavy (non-hydrogen) atoms. The second-order valence-corrected chi connectivity index (χ2v) is 7.99. The molecule has 8 heteroatoms. The van der Waals surface area contributed by atoms with Crippen LogP contribution in [0.5, 0.6) is 17.2 Å². The number of hydrogen-bond donors (Lipinski definition) is 1. The molecule has 8 nitrogen and oxygen atoms in total. The van der Waals surface area contributed by atoms with Crippen LogP contribution in [0.3, 0.4) is 0 Å². The molecule has 0 saturated carbocycles. The van der Waals surface area contributed by atoms with Crippen molar-refractivity contribution in [1.82, 2.24) is 10.3 Å². The van der Waals surface area contributed by atoms with Crippen LogP contribution in [-0.2, 0) is 9.59 Å². The molecular weight excluding hydrogens is 422 g/mol. The van der Waals surface area contributed by atoms with Gasteiger partial charge in [0.2, 0.25) is 0 Å². The number of nitrogens with zero attached hydrogens (tertiary/aromatic N) is 2. The largest absolute Gasteiger partial charge is 0.490 e. The zero-order chi connectivity index (χ0) is 24.4. The molecule has 2 amide bonds. The number of carbonyl (C=O) groups is 2. The maximum Gasteiger partial charge on any atom is 0.277 e. The van der Waals surface area contributed by atoms with Gasteiger partial charge in [0.05, 0.1) is 12.8 Å². The fourth-order valence-electron chi connectivity index (χ4n) is 2.86. The number of rotatable bonds is 11. The number of benzene rings is 2. The zero-order valence-corrected chi connectivity index (χ0v) is 20.2. The number of nitrogens with one attached hydrogen (secondary N) is 1. The summed E-state index contributed by atoms with van der Waals surface area (Å²) in [5, 5.41) is 4.00. The van der Waals surface area contributed by atoms with Gasteiger partial charge in [0, 0.05) is 14.1 Å². The second-order valence-electron chi connectivity index (χ2n) is 7.99. The Hall–Kier alpha value is -3.55. The summed E-state index contributed by atoms with van der Waals surface area (Å²) >= 11 is 0. The van der Waals surface area contributed by atoms with E-state index >= 15 is 0 Å². The second kappa shape index (κ2) is 12.5. The molecule has 0 saturated heterocycles. The van der Waals surface area contributed by atoms with E-state index in [4.69, 9.17) is 14.2 Å². The van der Waals surface area contributed by atoms with Crippen molar-refractivity contribution in [3.63, 3.8) is 0 Å². The van der Waals surface area contributed by atoms with Crippen LogP contribution in [0, 0.1) is 6.92 Å². The van der Waals surface area contributed by atoms with Gasteiger partial charge in [-0.05, 0) is 60.7 Å². The van der Waals surface area contributed by atoms with Gasteiger partial charge in [-0.2, -0.15) is 5.10 Å².